The van der Waals surface area contributed by atoms with Crippen LogP contribution < -0.4 is 0 Å². The SMILES string of the molecule is CCCCCCCCCCCCCCCCOC[C@H]1CO[C@H](COC(=O)N(CC)Cc2ccccn2)C1.I. The Hall–Kier alpha value is -0.930. The number of carbonyl (C=O) groups excluding carboxylic acids is 1. The molecule has 0 aliphatic carbocycles. The highest BCUT2D eigenvalue weighted by atomic mass is 127. The minimum absolute atomic E-state index is 0. The Bertz CT molecular complexity index is 679. The van der Waals surface area contributed by atoms with Gasteiger partial charge in [0.05, 0.1) is 31.6 Å². The molecule has 0 spiro atoms. The molecule has 0 aromatic carbocycles. The van der Waals surface area contributed by atoms with Crippen molar-refractivity contribution in [3.8, 4) is 0 Å². The molecule has 1 aliphatic heterocycles. The predicted molar refractivity (Wildman–Crippen MR) is 166 cm³/mol. The molecule has 2 atom stereocenters. The highest BCUT2D eigenvalue weighted by Crippen LogP contribution is 2.21. The Labute approximate surface area is 250 Å². The number of aromatic nitrogens is 1. The van der Waals surface area contributed by atoms with Gasteiger partial charge in [-0.05, 0) is 31.9 Å². The van der Waals surface area contributed by atoms with Gasteiger partial charge in [-0.25, -0.2) is 4.79 Å². The summed E-state index contributed by atoms with van der Waals surface area (Å²) in [6, 6.07) is 5.71. The molecule has 1 aromatic rings. The molecular weight excluding hydrogens is 591 g/mol. The number of nitrogens with zero attached hydrogens (tertiary/aromatic N) is 2. The Morgan fingerprint density at radius 3 is 2.13 bits per heavy atom. The summed E-state index contributed by atoms with van der Waals surface area (Å²) >= 11 is 0. The van der Waals surface area contributed by atoms with E-state index in [-0.39, 0.29) is 36.2 Å². The number of carbonyl (C=O) groups is 1. The third-order valence-electron chi connectivity index (χ3n) is 7.27. The number of rotatable bonds is 22. The van der Waals surface area contributed by atoms with Crippen molar-refractivity contribution in [2.45, 2.75) is 123 Å². The van der Waals surface area contributed by atoms with Crippen LogP contribution in [0, 0.1) is 5.92 Å². The maximum absolute atomic E-state index is 12.5. The van der Waals surface area contributed by atoms with Crippen LogP contribution in [0.2, 0.25) is 0 Å². The van der Waals surface area contributed by atoms with Crippen LogP contribution in [0.5, 0.6) is 0 Å². The summed E-state index contributed by atoms with van der Waals surface area (Å²) in [5, 5.41) is 0. The van der Waals surface area contributed by atoms with E-state index in [4.69, 9.17) is 14.2 Å². The highest BCUT2D eigenvalue weighted by Gasteiger charge is 2.27. The molecule has 7 heteroatoms. The molecule has 38 heavy (non-hydrogen) atoms. The van der Waals surface area contributed by atoms with Crippen LogP contribution in [-0.4, -0.2) is 55.1 Å². The zero-order valence-corrected chi connectivity index (χ0v) is 26.6. The standard InChI is InChI=1S/C31H54N2O4.HI/c1-3-5-6-7-8-9-10-11-12-13-14-15-16-19-22-35-25-28-23-30(36-26-28)27-37-31(34)33(4-2)24-29-20-17-18-21-32-29;/h17-18,20-21,28,30H,3-16,19,22-27H2,1-2H3;1H/t28-,30-;/m0./s1. The van der Waals surface area contributed by atoms with Crippen molar-refractivity contribution in [3.63, 3.8) is 0 Å². The normalized spacial score (nSPS) is 16.8. The summed E-state index contributed by atoms with van der Waals surface area (Å²) in [6.45, 7) is 7.83. The van der Waals surface area contributed by atoms with Gasteiger partial charge in [-0.15, -0.1) is 24.0 Å². The van der Waals surface area contributed by atoms with Crippen LogP contribution in [0.4, 0.5) is 4.79 Å². The molecular formula is C31H55IN2O4. The number of amides is 1. The summed E-state index contributed by atoms with van der Waals surface area (Å²) in [4.78, 5) is 18.4. The van der Waals surface area contributed by atoms with E-state index < -0.39 is 0 Å². The summed E-state index contributed by atoms with van der Waals surface area (Å²) in [5.74, 6) is 0.395. The van der Waals surface area contributed by atoms with Crippen LogP contribution in [-0.2, 0) is 20.8 Å². The zero-order valence-electron chi connectivity index (χ0n) is 24.2. The lowest BCUT2D eigenvalue weighted by atomic mass is 10.0. The fourth-order valence-electron chi connectivity index (χ4n) is 4.91. The summed E-state index contributed by atoms with van der Waals surface area (Å²) in [5.41, 5.74) is 0.856. The number of hydrogen-bond acceptors (Lipinski definition) is 5. The van der Waals surface area contributed by atoms with Crippen molar-refractivity contribution in [1.82, 2.24) is 9.88 Å². The molecule has 1 fully saturated rings. The van der Waals surface area contributed by atoms with E-state index >= 15 is 0 Å². The first-order valence-electron chi connectivity index (χ1n) is 15.2. The van der Waals surface area contributed by atoms with E-state index in [9.17, 15) is 4.79 Å². The first-order valence-corrected chi connectivity index (χ1v) is 15.2. The van der Waals surface area contributed by atoms with Crippen molar-refractivity contribution < 1.29 is 19.0 Å². The highest BCUT2D eigenvalue weighted by molar-refractivity contribution is 14.0. The van der Waals surface area contributed by atoms with Crippen LogP contribution in [0.3, 0.4) is 0 Å². The number of halogens is 1. The first-order chi connectivity index (χ1) is 18.2. The topological polar surface area (TPSA) is 60.9 Å². The molecule has 6 nitrogen and oxygen atoms in total. The van der Waals surface area contributed by atoms with E-state index in [1.54, 1.807) is 11.1 Å². The van der Waals surface area contributed by atoms with E-state index in [1.807, 2.05) is 25.1 Å². The maximum atomic E-state index is 12.5. The monoisotopic (exact) mass is 646 g/mol. The van der Waals surface area contributed by atoms with Gasteiger partial charge in [0, 0.05) is 25.3 Å². The first kappa shape index (κ1) is 35.1. The number of hydrogen-bond donors (Lipinski definition) is 0. The van der Waals surface area contributed by atoms with Gasteiger partial charge in [0.25, 0.3) is 0 Å². The minimum atomic E-state index is -0.311. The molecule has 0 saturated carbocycles. The molecule has 1 amide bonds. The molecule has 0 N–H and O–H groups in total. The number of pyridine rings is 1. The Balaban J connectivity index is 0.00000722. The van der Waals surface area contributed by atoms with E-state index in [2.05, 4.69) is 11.9 Å². The third-order valence-corrected chi connectivity index (χ3v) is 7.27. The molecule has 2 heterocycles. The molecule has 1 aromatic heterocycles. The van der Waals surface area contributed by atoms with Crippen molar-refractivity contribution >= 4 is 30.1 Å². The third kappa shape index (κ3) is 16.9. The van der Waals surface area contributed by atoms with Gasteiger partial charge in [0.15, 0.2) is 0 Å². The minimum Gasteiger partial charge on any atom is -0.447 e. The van der Waals surface area contributed by atoms with Gasteiger partial charge in [-0.2, -0.15) is 0 Å². The predicted octanol–water partition coefficient (Wildman–Crippen LogP) is 8.56. The molecule has 1 aliphatic rings. The average Bonchev–Trinajstić information content (AvgIpc) is 3.38. The quantitative estimate of drug-likeness (QED) is 0.0934. The van der Waals surface area contributed by atoms with Gasteiger partial charge < -0.3 is 19.1 Å². The summed E-state index contributed by atoms with van der Waals surface area (Å²) < 4.78 is 17.3. The van der Waals surface area contributed by atoms with Crippen molar-refractivity contribution in [3.05, 3.63) is 30.1 Å². The zero-order chi connectivity index (χ0) is 26.4. The van der Waals surface area contributed by atoms with Crippen molar-refractivity contribution in [2.75, 3.05) is 33.0 Å². The summed E-state index contributed by atoms with van der Waals surface area (Å²) in [6.07, 6.45) is 21.5. The number of ether oxygens (including phenoxy) is 3. The summed E-state index contributed by atoms with van der Waals surface area (Å²) in [7, 11) is 0. The fraction of sp³-hybridized carbons (Fsp3) is 0.806. The van der Waals surface area contributed by atoms with Crippen LogP contribution in [0.15, 0.2) is 24.4 Å². The van der Waals surface area contributed by atoms with Crippen LogP contribution >= 0.6 is 24.0 Å². The molecule has 0 bridgehead atoms. The molecule has 220 valence electrons. The smallest absolute Gasteiger partial charge is 0.410 e. The lowest BCUT2D eigenvalue weighted by Gasteiger charge is -2.21. The van der Waals surface area contributed by atoms with Crippen molar-refractivity contribution in [2.24, 2.45) is 5.92 Å². The number of unbranched alkanes of at least 4 members (excludes halogenated alkanes) is 13. The maximum Gasteiger partial charge on any atom is 0.410 e. The Morgan fingerprint density at radius 2 is 1.55 bits per heavy atom. The second-order valence-corrected chi connectivity index (χ2v) is 10.6. The van der Waals surface area contributed by atoms with Gasteiger partial charge >= 0.3 is 6.09 Å². The second kappa shape index (κ2) is 23.9. The van der Waals surface area contributed by atoms with Crippen LogP contribution in [0.25, 0.3) is 0 Å². The molecule has 2 rings (SSSR count). The van der Waals surface area contributed by atoms with Crippen LogP contribution in [0.1, 0.15) is 116 Å². The lowest BCUT2D eigenvalue weighted by molar-refractivity contribution is 0.0268. The van der Waals surface area contributed by atoms with Crippen molar-refractivity contribution in [1.29, 1.82) is 0 Å². The molecule has 0 unspecified atom stereocenters. The van der Waals surface area contributed by atoms with Gasteiger partial charge in [0.1, 0.15) is 6.61 Å². The Kier molecular flexibility index (Phi) is 22.1. The van der Waals surface area contributed by atoms with E-state index in [0.717, 1.165) is 31.7 Å². The fourth-order valence-corrected chi connectivity index (χ4v) is 4.91. The van der Waals surface area contributed by atoms with E-state index in [1.165, 1.54) is 83.5 Å². The van der Waals surface area contributed by atoms with Gasteiger partial charge in [-0.1, -0.05) is 96.5 Å². The molecule has 0 radical (unpaired) electrons. The second-order valence-electron chi connectivity index (χ2n) is 10.6. The Morgan fingerprint density at radius 1 is 0.921 bits per heavy atom. The molecule has 1 saturated heterocycles. The van der Waals surface area contributed by atoms with E-state index in [0.29, 0.717) is 32.2 Å². The average molecular weight is 647 g/mol. The van der Waals surface area contributed by atoms with Gasteiger partial charge in [-0.3, -0.25) is 4.98 Å². The lowest BCUT2D eigenvalue weighted by Crippen LogP contribution is -2.33. The largest absolute Gasteiger partial charge is 0.447 e. The van der Waals surface area contributed by atoms with Gasteiger partial charge in [0.2, 0.25) is 0 Å².